The highest BCUT2D eigenvalue weighted by Crippen LogP contribution is 2.03. The van der Waals surface area contributed by atoms with Crippen molar-refractivity contribution in [2.45, 2.75) is 6.61 Å². The first-order valence-electron chi connectivity index (χ1n) is 4.10. The lowest BCUT2D eigenvalue weighted by Gasteiger charge is -2.01. The van der Waals surface area contributed by atoms with Gasteiger partial charge in [-0.15, -0.1) is 0 Å². The van der Waals surface area contributed by atoms with Crippen LogP contribution in [0.4, 0.5) is 0 Å². The lowest BCUT2D eigenvalue weighted by molar-refractivity contribution is 0.283. The Kier molecular flexibility index (Phi) is 2.61. The van der Waals surface area contributed by atoms with Crippen LogP contribution in [0.1, 0.15) is 5.82 Å². The van der Waals surface area contributed by atoms with Crippen LogP contribution in [0, 0.1) is 0 Å². The quantitative estimate of drug-likeness (QED) is 0.714. The smallest absolute Gasteiger partial charge is 0.216 e. The normalized spacial score (nSPS) is 9.71. The van der Waals surface area contributed by atoms with E-state index >= 15 is 0 Å². The number of rotatable bonds is 3. The van der Waals surface area contributed by atoms with Crippen molar-refractivity contribution in [3.63, 3.8) is 0 Å². The summed E-state index contributed by atoms with van der Waals surface area (Å²) in [4.78, 5) is 15.7. The first-order valence-corrected chi connectivity index (χ1v) is 4.10. The lowest BCUT2D eigenvalue weighted by atomic mass is 10.6. The Morgan fingerprint density at radius 3 is 2.64 bits per heavy atom. The molecule has 0 aliphatic rings. The molecule has 0 spiro atoms. The molecule has 70 valence electrons. The van der Waals surface area contributed by atoms with E-state index in [1.54, 1.807) is 30.7 Å². The molecule has 2 heterocycles. The van der Waals surface area contributed by atoms with E-state index in [2.05, 4.69) is 19.9 Å². The summed E-state index contributed by atoms with van der Waals surface area (Å²) in [5.41, 5.74) is 0. The Morgan fingerprint density at radius 1 is 1.07 bits per heavy atom. The van der Waals surface area contributed by atoms with Crippen molar-refractivity contribution in [2.24, 2.45) is 0 Å². The average molecular weight is 188 g/mol. The van der Waals surface area contributed by atoms with Crippen molar-refractivity contribution < 1.29 is 4.74 Å². The molecule has 0 aliphatic carbocycles. The molecule has 0 atom stereocenters. The van der Waals surface area contributed by atoms with Gasteiger partial charge in [0.25, 0.3) is 0 Å². The highest BCUT2D eigenvalue weighted by atomic mass is 16.5. The highest BCUT2D eigenvalue weighted by Gasteiger charge is 1.96. The molecule has 0 amide bonds. The maximum atomic E-state index is 5.32. The van der Waals surface area contributed by atoms with Crippen LogP contribution in [0.15, 0.2) is 37.1 Å². The van der Waals surface area contributed by atoms with Crippen molar-refractivity contribution in [1.82, 2.24) is 19.9 Å². The van der Waals surface area contributed by atoms with Crippen molar-refractivity contribution >= 4 is 0 Å². The molecule has 0 unspecified atom stereocenters. The van der Waals surface area contributed by atoms with Gasteiger partial charge < -0.3 is 4.74 Å². The van der Waals surface area contributed by atoms with Gasteiger partial charge in [-0.3, -0.25) is 0 Å². The SMILES string of the molecule is c1cnc(COc2ccncn2)nc1. The highest BCUT2D eigenvalue weighted by molar-refractivity contribution is 5.04. The standard InChI is InChI=1S/C9H8N4O/c1-3-11-8(12-4-1)6-14-9-2-5-10-7-13-9/h1-5,7H,6H2. The van der Waals surface area contributed by atoms with Gasteiger partial charge in [0.2, 0.25) is 5.88 Å². The summed E-state index contributed by atoms with van der Waals surface area (Å²) in [5, 5.41) is 0. The molecule has 5 nitrogen and oxygen atoms in total. The third-order valence-electron chi connectivity index (χ3n) is 1.52. The van der Waals surface area contributed by atoms with Crippen molar-refractivity contribution in [1.29, 1.82) is 0 Å². The predicted octanol–water partition coefficient (Wildman–Crippen LogP) is 0.846. The van der Waals surface area contributed by atoms with Gasteiger partial charge in [0, 0.05) is 24.7 Å². The maximum absolute atomic E-state index is 5.32. The van der Waals surface area contributed by atoms with Crippen molar-refractivity contribution in [3.8, 4) is 5.88 Å². The molecule has 0 saturated heterocycles. The van der Waals surface area contributed by atoms with E-state index in [1.807, 2.05) is 0 Å². The molecule has 2 aromatic rings. The Morgan fingerprint density at radius 2 is 1.93 bits per heavy atom. The van der Waals surface area contributed by atoms with E-state index < -0.39 is 0 Å². The summed E-state index contributed by atoms with van der Waals surface area (Å²) in [5.74, 6) is 1.15. The second-order valence-corrected chi connectivity index (χ2v) is 2.50. The number of hydrogen-bond donors (Lipinski definition) is 0. The van der Waals surface area contributed by atoms with Crippen LogP contribution >= 0.6 is 0 Å². The Balaban J connectivity index is 1.96. The first-order chi connectivity index (χ1) is 6.95. The number of aromatic nitrogens is 4. The van der Waals surface area contributed by atoms with E-state index in [1.165, 1.54) is 6.33 Å². The van der Waals surface area contributed by atoms with E-state index in [0.717, 1.165) is 0 Å². The zero-order chi connectivity index (χ0) is 9.64. The minimum atomic E-state index is 0.317. The summed E-state index contributed by atoms with van der Waals surface area (Å²) in [6.45, 7) is 0.317. The number of ether oxygens (including phenoxy) is 1. The minimum Gasteiger partial charge on any atom is -0.469 e. The van der Waals surface area contributed by atoms with Crippen LogP contribution in [0.25, 0.3) is 0 Å². The van der Waals surface area contributed by atoms with Gasteiger partial charge in [0.05, 0.1) is 0 Å². The maximum Gasteiger partial charge on any atom is 0.216 e. The Hall–Kier alpha value is -2.04. The van der Waals surface area contributed by atoms with Gasteiger partial charge in [-0.1, -0.05) is 0 Å². The zero-order valence-electron chi connectivity index (χ0n) is 7.37. The van der Waals surface area contributed by atoms with Gasteiger partial charge in [-0.05, 0) is 6.07 Å². The zero-order valence-corrected chi connectivity index (χ0v) is 7.37. The van der Waals surface area contributed by atoms with E-state index in [0.29, 0.717) is 18.3 Å². The minimum absolute atomic E-state index is 0.317. The van der Waals surface area contributed by atoms with Crippen LogP contribution in [0.3, 0.4) is 0 Å². The molecular weight excluding hydrogens is 180 g/mol. The van der Waals surface area contributed by atoms with Gasteiger partial charge in [0.15, 0.2) is 5.82 Å². The molecule has 0 fully saturated rings. The van der Waals surface area contributed by atoms with Crippen LogP contribution in [-0.2, 0) is 6.61 Å². The van der Waals surface area contributed by atoms with Crippen molar-refractivity contribution in [3.05, 3.63) is 42.9 Å². The molecule has 0 aromatic carbocycles. The van der Waals surface area contributed by atoms with Crippen LogP contribution in [-0.4, -0.2) is 19.9 Å². The molecule has 0 aliphatic heterocycles. The molecule has 2 rings (SSSR count). The summed E-state index contributed by atoms with van der Waals surface area (Å²) >= 11 is 0. The Labute approximate surface area is 80.8 Å². The Bertz CT molecular complexity index is 339. The van der Waals surface area contributed by atoms with Gasteiger partial charge >= 0.3 is 0 Å². The van der Waals surface area contributed by atoms with Gasteiger partial charge in [-0.25, -0.2) is 19.9 Å². The third kappa shape index (κ3) is 2.22. The van der Waals surface area contributed by atoms with E-state index in [-0.39, 0.29) is 0 Å². The van der Waals surface area contributed by atoms with Gasteiger partial charge in [0.1, 0.15) is 12.9 Å². The van der Waals surface area contributed by atoms with E-state index in [4.69, 9.17) is 4.74 Å². The second kappa shape index (κ2) is 4.27. The molecule has 14 heavy (non-hydrogen) atoms. The number of nitrogens with zero attached hydrogens (tertiary/aromatic N) is 4. The van der Waals surface area contributed by atoms with Gasteiger partial charge in [-0.2, -0.15) is 0 Å². The molecule has 0 bridgehead atoms. The molecule has 0 saturated carbocycles. The monoisotopic (exact) mass is 188 g/mol. The molecule has 0 radical (unpaired) electrons. The fourth-order valence-electron chi connectivity index (χ4n) is 0.907. The fourth-order valence-corrected chi connectivity index (χ4v) is 0.907. The molecule has 5 heteroatoms. The summed E-state index contributed by atoms with van der Waals surface area (Å²) in [7, 11) is 0. The van der Waals surface area contributed by atoms with E-state index in [9.17, 15) is 0 Å². The van der Waals surface area contributed by atoms with Crippen LogP contribution < -0.4 is 4.74 Å². The number of hydrogen-bond acceptors (Lipinski definition) is 5. The van der Waals surface area contributed by atoms with Crippen LogP contribution in [0.5, 0.6) is 5.88 Å². The summed E-state index contributed by atoms with van der Waals surface area (Å²) < 4.78 is 5.32. The lowest BCUT2D eigenvalue weighted by Crippen LogP contribution is -2.01. The summed E-state index contributed by atoms with van der Waals surface area (Å²) in [6.07, 6.45) is 6.40. The predicted molar refractivity (Wildman–Crippen MR) is 48.4 cm³/mol. The fraction of sp³-hybridized carbons (Fsp3) is 0.111. The average Bonchev–Trinajstić information content (AvgIpc) is 2.29. The van der Waals surface area contributed by atoms with Crippen molar-refractivity contribution in [2.75, 3.05) is 0 Å². The second-order valence-electron chi connectivity index (χ2n) is 2.50. The molecular formula is C9H8N4O. The molecule has 2 aromatic heterocycles. The third-order valence-corrected chi connectivity index (χ3v) is 1.52. The van der Waals surface area contributed by atoms with Crippen LogP contribution in [0.2, 0.25) is 0 Å². The molecule has 0 N–H and O–H groups in total. The summed E-state index contributed by atoms with van der Waals surface area (Å²) in [6, 6.07) is 3.44. The first kappa shape index (κ1) is 8.55. The topological polar surface area (TPSA) is 60.8 Å². The largest absolute Gasteiger partial charge is 0.469 e.